The number of nitrogens with one attached hydrogen (secondary N) is 1. The van der Waals surface area contributed by atoms with Crippen LogP contribution in [0.4, 0.5) is 5.88 Å². The quantitative estimate of drug-likeness (QED) is 0.903. The molecule has 0 bridgehead atoms. The zero-order valence-corrected chi connectivity index (χ0v) is 15.0. The van der Waals surface area contributed by atoms with Crippen molar-refractivity contribution in [2.75, 3.05) is 25.0 Å². The molecule has 6 heteroatoms. The fraction of sp³-hybridized carbons (Fsp3) is 0.474. The standard InChI is InChI=1S/C19H25N3O3/c1-13-5-4-6-14(2)19(13)24-16-7-9-22(10-8-16)12-17(23)20-18-11-15(3)21-25-18/h4-6,11,16H,7-10,12H2,1-3H3,(H,20,23). The fourth-order valence-corrected chi connectivity index (χ4v) is 3.14. The average molecular weight is 343 g/mol. The molecule has 1 N–H and O–H groups in total. The van der Waals surface area contributed by atoms with Crippen molar-refractivity contribution >= 4 is 11.8 Å². The number of benzene rings is 1. The Hall–Kier alpha value is -2.34. The first-order valence-corrected chi connectivity index (χ1v) is 8.69. The largest absolute Gasteiger partial charge is 0.490 e. The van der Waals surface area contributed by atoms with Crippen LogP contribution in [0.3, 0.4) is 0 Å². The predicted molar refractivity (Wildman–Crippen MR) is 95.9 cm³/mol. The Morgan fingerprint density at radius 3 is 2.56 bits per heavy atom. The summed E-state index contributed by atoms with van der Waals surface area (Å²) in [7, 11) is 0. The van der Waals surface area contributed by atoms with Gasteiger partial charge in [-0.1, -0.05) is 23.4 Å². The van der Waals surface area contributed by atoms with Gasteiger partial charge in [-0.2, -0.15) is 0 Å². The number of aryl methyl sites for hydroxylation is 3. The van der Waals surface area contributed by atoms with Gasteiger partial charge in [0.15, 0.2) is 0 Å². The SMILES string of the molecule is Cc1cc(NC(=O)CN2CCC(Oc3c(C)cccc3C)CC2)on1. The third kappa shape index (κ3) is 4.60. The van der Waals surface area contributed by atoms with E-state index in [9.17, 15) is 4.79 Å². The molecule has 0 radical (unpaired) electrons. The molecule has 25 heavy (non-hydrogen) atoms. The molecule has 0 saturated carbocycles. The molecule has 0 spiro atoms. The lowest BCUT2D eigenvalue weighted by Crippen LogP contribution is -2.42. The van der Waals surface area contributed by atoms with Gasteiger partial charge in [0.1, 0.15) is 11.9 Å². The maximum absolute atomic E-state index is 12.1. The highest BCUT2D eigenvalue weighted by molar-refractivity contribution is 5.90. The van der Waals surface area contributed by atoms with E-state index in [1.165, 1.54) is 11.1 Å². The van der Waals surface area contributed by atoms with E-state index in [1.54, 1.807) is 6.07 Å². The summed E-state index contributed by atoms with van der Waals surface area (Å²) >= 11 is 0. The van der Waals surface area contributed by atoms with E-state index >= 15 is 0 Å². The predicted octanol–water partition coefficient (Wildman–Crippen LogP) is 3.08. The van der Waals surface area contributed by atoms with Crippen LogP contribution in [0.25, 0.3) is 0 Å². The van der Waals surface area contributed by atoms with Crippen molar-refractivity contribution in [1.29, 1.82) is 0 Å². The minimum absolute atomic E-state index is 0.0785. The molecule has 2 aromatic rings. The maximum Gasteiger partial charge on any atom is 0.240 e. The number of rotatable bonds is 5. The second kappa shape index (κ2) is 7.70. The number of para-hydroxylation sites is 1. The van der Waals surface area contributed by atoms with Crippen LogP contribution in [0.1, 0.15) is 29.7 Å². The molecule has 6 nitrogen and oxygen atoms in total. The number of piperidine rings is 1. The van der Waals surface area contributed by atoms with Crippen molar-refractivity contribution < 1.29 is 14.1 Å². The molecule has 0 unspecified atom stereocenters. The lowest BCUT2D eigenvalue weighted by molar-refractivity contribution is -0.117. The summed E-state index contributed by atoms with van der Waals surface area (Å²) in [5.74, 6) is 1.32. The summed E-state index contributed by atoms with van der Waals surface area (Å²) in [5.41, 5.74) is 3.09. The first kappa shape index (κ1) is 17.5. The average Bonchev–Trinajstić information content (AvgIpc) is 2.97. The fourth-order valence-electron chi connectivity index (χ4n) is 3.14. The second-order valence-corrected chi connectivity index (χ2v) is 6.70. The molecule has 3 rings (SSSR count). The summed E-state index contributed by atoms with van der Waals surface area (Å²) in [6.45, 7) is 8.02. The van der Waals surface area contributed by atoms with Gasteiger partial charge in [-0.3, -0.25) is 15.0 Å². The second-order valence-electron chi connectivity index (χ2n) is 6.70. The molecule has 1 aromatic carbocycles. The maximum atomic E-state index is 12.1. The normalized spacial score (nSPS) is 16.0. The van der Waals surface area contributed by atoms with Crippen LogP contribution < -0.4 is 10.1 Å². The molecular formula is C19H25N3O3. The molecule has 1 aromatic heterocycles. The van der Waals surface area contributed by atoms with Gasteiger partial charge in [-0.25, -0.2) is 0 Å². The van der Waals surface area contributed by atoms with Crippen LogP contribution in [-0.4, -0.2) is 41.7 Å². The molecule has 1 saturated heterocycles. The molecule has 0 aliphatic carbocycles. The van der Waals surface area contributed by atoms with Gasteiger partial charge in [-0.15, -0.1) is 0 Å². The van der Waals surface area contributed by atoms with Crippen molar-refractivity contribution in [1.82, 2.24) is 10.1 Å². The van der Waals surface area contributed by atoms with Crippen LogP contribution >= 0.6 is 0 Å². The number of anilines is 1. The first-order chi connectivity index (χ1) is 12.0. The Balaban J connectivity index is 1.46. The topological polar surface area (TPSA) is 67.6 Å². The highest BCUT2D eigenvalue weighted by Gasteiger charge is 2.23. The summed E-state index contributed by atoms with van der Waals surface area (Å²) < 4.78 is 11.2. The van der Waals surface area contributed by atoms with Crippen LogP contribution in [0.15, 0.2) is 28.8 Å². The Bertz CT molecular complexity index is 713. The number of likely N-dealkylation sites (tertiary alicyclic amines) is 1. The van der Waals surface area contributed by atoms with Gasteiger partial charge < -0.3 is 9.26 Å². The van der Waals surface area contributed by atoms with Crippen LogP contribution in [0.2, 0.25) is 0 Å². The van der Waals surface area contributed by atoms with Crippen molar-refractivity contribution in [2.24, 2.45) is 0 Å². The van der Waals surface area contributed by atoms with Crippen LogP contribution in [0, 0.1) is 20.8 Å². The highest BCUT2D eigenvalue weighted by Crippen LogP contribution is 2.26. The number of nitrogens with zero attached hydrogens (tertiary/aromatic N) is 2. The van der Waals surface area contributed by atoms with Gasteiger partial charge in [0, 0.05) is 19.2 Å². The number of carbonyl (C=O) groups excluding carboxylic acids is 1. The zero-order chi connectivity index (χ0) is 17.8. The number of carbonyl (C=O) groups is 1. The highest BCUT2D eigenvalue weighted by atomic mass is 16.5. The van der Waals surface area contributed by atoms with Gasteiger partial charge in [0.2, 0.25) is 11.8 Å². The molecule has 2 heterocycles. The van der Waals surface area contributed by atoms with Gasteiger partial charge in [0.05, 0.1) is 12.2 Å². The van der Waals surface area contributed by atoms with E-state index in [2.05, 4.69) is 47.4 Å². The summed E-state index contributed by atoms with van der Waals surface area (Å²) in [6, 6.07) is 7.91. The number of hydrogen-bond donors (Lipinski definition) is 1. The summed E-state index contributed by atoms with van der Waals surface area (Å²) in [5, 5.41) is 6.50. The smallest absolute Gasteiger partial charge is 0.240 e. The summed E-state index contributed by atoms with van der Waals surface area (Å²) in [4.78, 5) is 14.2. The summed E-state index contributed by atoms with van der Waals surface area (Å²) in [6.07, 6.45) is 2.04. The third-order valence-electron chi connectivity index (χ3n) is 4.49. The lowest BCUT2D eigenvalue weighted by atomic mass is 10.1. The number of aromatic nitrogens is 1. The molecule has 1 amide bonds. The number of hydrogen-bond acceptors (Lipinski definition) is 5. The van der Waals surface area contributed by atoms with E-state index in [1.807, 2.05) is 6.92 Å². The lowest BCUT2D eigenvalue weighted by Gasteiger charge is -2.32. The first-order valence-electron chi connectivity index (χ1n) is 8.69. The van der Waals surface area contributed by atoms with E-state index in [-0.39, 0.29) is 12.0 Å². The third-order valence-corrected chi connectivity index (χ3v) is 4.49. The molecule has 1 aliphatic rings. The number of amides is 1. The van der Waals surface area contributed by atoms with Crippen LogP contribution in [-0.2, 0) is 4.79 Å². The minimum atomic E-state index is -0.0785. The zero-order valence-electron chi connectivity index (χ0n) is 15.0. The van der Waals surface area contributed by atoms with Crippen molar-refractivity contribution in [3.05, 3.63) is 41.1 Å². The Labute approximate surface area is 148 Å². The Morgan fingerprint density at radius 1 is 1.28 bits per heavy atom. The van der Waals surface area contributed by atoms with Gasteiger partial charge in [-0.05, 0) is 44.7 Å². The van der Waals surface area contributed by atoms with Crippen LogP contribution in [0.5, 0.6) is 5.75 Å². The molecule has 134 valence electrons. The van der Waals surface area contributed by atoms with E-state index in [0.717, 1.165) is 37.4 Å². The van der Waals surface area contributed by atoms with E-state index in [4.69, 9.17) is 9.26 Å². The van der Waals surface area contributed by atoms with E-state index in [0.29, 0.717) is 12.4 Å². The molecule has 1 fully saturated rings. The van der Waals surface area contributed by atoms with Crippen molar-refractivity contribution in [3.63, 3.8) is 0 Å². The van der Waals surface area contributed by atoms with Gasteiger partial charge in [0.25, 0.3) is 0 Å². The number of ether oxygens (including phenoxy) is 1. The van der Waals surface area contributed by atoms with Crippen molar-refractivity contribution in [2.45, 2.75) is 39.7 Å². The Kier molecular flexibility index (Phi) is 5.38. The monoisotopic (exact) mass is 343 g/mol. The van der Waals surface area contributed by atoms with Crippen molar-refractivity contribution in [3.8, 4) is 5.75 Å². The van der Waals surface area contributed by atoms with Gasteiger partial charge >= 0.3 is 0 Å². The minimum Gasteiger partial charge on any atom is -0.490 e. The molecule has 1 aliphatic heterocycles. The molecular weight excluding hydrogens is 318 g/mol. The Morgan fingerprint density at radius 2 is 1.96 bits per heavy atom. The van der Waals surface area contributed by atoms with E-state index < -0.39 is 0 Å². The molecule has 0 atom stereocenters.